The maximum absolute atomic E-state index is 11.9. The number of nitrogens with one attached hydrogen (secondary N) is 1. The predicted octanol–water partition coefficient (Wildman–Crippen LogP) is 2.22. The second-order valence-corrected chi connectivity index (χ2v) is 6.60. The van der Waals surface area contributed by atoms with Crippen molar-refractivity contribution in [1.29, 1.82) is 0 Å². The molecule has 1 N–H and O–H groups in total. The van der Waals surface area contributed by atoms with Crippen LogP contribution in [-0.4, -0.2) is 13.1 Å². The zero-order chi connectivity index (χ0) is 15.0. The van der Waals surface area contributed by atoms with E-state index >= 15 is 0 Å². The fraction of sp³-hybridized carbons (Fsp3) is 0.500. The quantitative estimate of drug-likeness (QED) is 0.859. The zero-order valence-corrected chi connectivity index (χ0v) is 13.2. The minimum absolute atomic E-state index is 0.226. The standard InChI is InChI=1S/C18H23NO2/c1-12-5-4-8-19(10-12)11-15-9-17(20)21-18-14(3)13(2)6-7-16(15)18/h6-7,9,12H,4-5,8,10-11H2,1-3H3/p+1/t12-/m1/s1. The van der Waals surface area contributed by atoms with E-state index in [0.717, 1.165) is 34.6 Å². The summed E-state index contributed by atoms with van der Waals surface area (Å²) in [4.78, 5) is 13.5. The number of likely N-dealkylation sites (tertiary alicyclic amines) is 1. The van der Waals surface area contributed by atoms with E-state index in [0.29, 0.717) is 0 Å². The first-order valence-electron chi connectivity index (χ1n) is 7.91. The van der Waals surface area contributed by atoms with Crippen LogP contribution in [0, 0.1) is 19.8 Å². The van der Waals surface area contributed by atoms with Crippen LogP contribution < -0.4 is 10.5 Å². The fourth-order valence-electron chi connectivity index (χ4n) is 3.50. The van der Waals surface area contributed by atoms with Gasteiger partial charge in [-0.25, -0.2) is 4.79 Å². The van der Waals surface area contributed by atoms with Gasteiger partial charge in [-0.05, 0) is 37.8 Å². The fourth-order valence-corrected chi connectivity index (χ4v) is 3.50. The molecule has 1 unspecified atom stereocenters. The van der Waals surface area contributed by atoms with Crippen LogP contribution in [0.4, 0.5) is 0 Å². The van der Waals surface area contributed by atoms with Gasteiger partial charge in [0.15, 0.2) is 0 Å². The van der Waals surface area contributed by atoms with E-state index in [1.807, 2.05) is 6.92 Å². The highest BCUT2D eigenvalue weighted by Crippen LogP contribution is 2.23. The summed E-state index contributed by atoms with van der Waals surface area (Å²) in [6, 6.07) is 5.90. The van der Waals surface area contributed by atoms with Gasteiger partial charge in [-0.3, -0.25) is 0 Å². The zero-order valence-electron chi connectivity index (χ0n) is 13.2. The van der Waals surface area contributed by atoms with Crippen LogP contribution in [0.25, 0.3) is 11.0 Å². The predicted molar refractivity (Wildman–Crippen MR) is 84.8 cm³/mol. The molecule has 1 aliphatic heterocycles. The van der Waals surface area contributed by atoms with E-state index in [4.69, 9.17) is 4.42 Å². The Morgan fingerprint density at radius 2 is 2.14 bits per heavy atom. The van der Waals surface area contributed by atoms with Gasteiger partial charge in [0.25, 0.3) is 0 Å². The van der Waals surface area contributed by atoms with Crippen molar-refractivity contribution in [1.82, 2.24) is 0 Å². The van der Waals surface area contributed by atoms with Gasteiger partial charge in [-0.1, -0.05) is 19.1 Å². The lowest BCUT2D eigenvalue weighted by molar-refractivity contribution is -0.922. The largest absolute Gasteiger partial charge is 0.422 e. The van der Waals surface area contributed by atoms with Crippen molar-refractivity contribution in [3.63, 3.8) is 0 Å². The highest BCUT2D eigenvalue weighted by molar-refractivity contribution is 5.83. The number of benzene rings is 1. The summed E-state index contributed by atoms with van der Waals surface area (Å²) >= 11 is 0. The van der Waals surface area contributed by atoms with E-state index in [2.05, 4.69) is 26.0 Å². The highest BCUT2D eigenvalue weighted by Gasteiger charge is 2.21. The second-order valence-electron chi connectivity index (χ2n) is 6.60. The second kappa shape index (κ2) is 5.64. The molecular weight excluding hydrogens is 262 g/mol. The van der Waals surface area contributed by atoms with Crippen LogP contribution in [0.3, 0.4) is 0 Å². The van der Waals surface area contributed by atoms with Gasteiger partial charge >= 0.3 is 5.63 Å². The molecule has 0 aliphatic carbocycles. The van der Waals surface area contributed by atoms with E-state index in [1.54, 1.807) is 11.0 Å². The molecule has 1 saturated heterocycles. The number of hydrogen-bond donors (Lipinski definition) is 1. The maximum Gasteiger partial charge on any atom is 0.336 e. The first-order chi connectivity index (χ1) is 10.0. The number of rotatable bonds is 2. The molecule has 3 rings (SSSR count). The van der Waals surface area contributed by atoms with Crippen molar-refractivity contribution in [3.05, 3.63) is 45.3 Å². The van der Waals surface area contributed by atoms with Gasteiger partial charge in [-0.15, -0.1) is 0 Å². The molecule has 1 aromatic heterocycles. The van der Waals surface area contributed by atoms with E-state index in [1.165, 1.54) is 31.5 Å². The Labute approximate surface area is 125 Å². The molecule has 0 radical (unpaired) electrons. The van der Waals surface area contributed by atoms with Gasteiger partial charge in [-0.2, -0.15) is 0 Å². The molecule has 3 nitrogen and oxygen atoms in total. The average molecular weight is 286 g/mol. The van der Waals surface area contributed by atoms with E-state index < -0.39 is 0 Å². The van der Waals surface area contributed by atoms with Crippen molar-refractivity contribution < 1.29 is 9.32 Å². The summed E-state index contributed by atoms with van der Waals surface area (Å²) in [6.45, 7) is 9.74. The normalized spacial score (nSPS) is 22.6. The summed E-state index contributed by atoms with van der Waals surface area (Å²) < 4.78 is 5.46. The maximum atomic E-state index is 11.9. The molecule has 2 heterocycles. The summed E-state index contributed by atoms with van der Waals surface area (Å²) in [6.07, 6.45) is 2.62. The SMILES string of the molecule is Cc1ccc2c(C[NH+]3CCC[C@@H](C)C3)cc(=O)oc2c1C. The average Bonchev–Trinajstić information content (AvgIpc) is 2.43. The number of aryl methyl sites for hydroxylation is 2. The Hall–Kier alpha value is -1.61. The summed E-state index contributed by atoms with van der Waals surface area (Å²) in [7, 11) is 0. The monoisotopic (exact) mass is 286 g/mol. The number of quaternary nitrogens is 1. The van der Waals surface area contributed by atoms with Crippen molar-refractivity contribution in [2.45, 2.75) is 40.2 Å². The topological polar surface area (TPSA) is 34.7 Å². The van der Waals surface area contributed by atoms with Crippen LogP contribution >= 0.6 is 0 Å². The van der Waals surface area contributed by atoms with Gasteiger partial charge in [0.1, 0.15) is 12.1 Å². The van der Waals surface area contributed by atoms with Crippen molar-refractivity contribution in [2.24, 2.45) is 5.92 Å². The molecule has 1 fully saturated rings. The third kappa shape index (κ3) is 2.88. The van der Waals surface area contributed by atoms with E-state index in [9.17, 15) is 4.79 Å². The van der Waals surface area contributed by atoms with Gasteiger partial charge < -0.3 is 9.32 Å². The summed E-state index contributed by atoms with van der Waals surface area (Å²) in [5, 5.41) is 1.10. The smallest absolute Gasteiger partial charge is 0.336 e. The number of fused-ring (bicyclic) bond motifs is 1. The number of hydrogen-bond acceptors (Lipinski definition) is 2. The Bertz CT molecular complexity index is 717. The first kappa shape index (κ1) is 14.3. The molecule has 2 aromatic rings. The molecule has 0 saturated carbocycles. The lowest BCUT2D eigenvalue weighted by Gasteiger charge is -2.28. The minimum Gasteiger partial charge on any atom is -0.422 e. The molecule has 21 heavy (non-hydrogen) atoms. The highest BCUT2D eigenvalue weighted by atomic mass is 16.4. The van der Waals surface area contributed by atoms with Crippen molar-refractivity contribution in [2.75, 3.05) is 13.1 Å². The Morgan fingerprint density at radius 1 is 1.33 bits per heavy atom. The molecule has 3 heteroatoms. The third-order valence-electron chi connectivity index (χ3n) is 4.82. The summed E-state index contributed by atoms with van der Waals surface area (Å²) in [5.41, 5.74) is 3.92. The lowest BCUT2D eigenvalue weighted by Crippen LogP contribution is -3.12. The summed E-state index contributed by atoms with van der Waals surface area (Å²) in [5.74, 6) is 0.782. The van der Waals surface area contributed by atoms with Gasteiger partial charge in [0, 0.05) is 22.9 Å². The van der Waals surface area contributed by atoms with Crippen LogP contribution in [0.2, 0.25) is 0 Å². The first-order valence-corrected chi connectivity index (χ1v) is 7.91. The Kier molecular flexibility index (Phi) is 3.85. The van der Waals surface area contributed by atoms with E-state index in [-0.39, 0.29) is 5.63 Å². The lowest BCUT2D eigenvalue weighted by atomic mass is 9.98. The molecule has 112 valence electrons. The van der Waals surface area contributed by atoms with Crippen LogP contribution in [0.5, 0.6) is 0 Å². The van der Waals surface area contributed by atoms with Crippen LogP contribution in [0.1, 0.15) is 36.5 Å². The molecule has 0 bridgehead atoms. The molecule has 2 atom stereocenters. The van der Waals surface area contributed by atoms with Crippen LogP contribution in [0.15, 0.2) is 27.4 Å². The molecular formula is C18H24NO2+. The Morgan fingerprint density at radius 3 is 2.90 bits per heavy atom. The molecule has 1 aromatic carbocycles. The Balaban J connectivity index is 2.02. The molecule has 0 amide bonds. The van der Waals surface area contributed by atoms with Crippen LogP contribution in [-0.2, 0) is 6.54 Å². The van der Waals surface area contributed by atoms with Crippen molar-refractivity contribution in [3.8, 4) is 0 Å². The minimum atomic E-state index is -0.226. The third-order valence-corrected chi connectivity index (χ3v) is 4.82. The molecule has 1 aliphatic rings. The molecule has 0 spiro atoms. The van der Waals surface area contributed by atoms with Crippen molar-refractivity contribution >= 4 is 11.0 Å². The van der Waals surface area contributed by atoms with Gasteiger partial charge in [0.05, 0.1) is 13.1 Å². The van der Waals surface area contributed by atoms with Gasteiger partial charge in [0.2, 0.25) is 0 Å². The number of piperidine rings is 1.